The molecule has 4 bridgehead atoms. The molecule has 0 aromatic heterocycles. The Hall–Kier alpha value is -0.380. The van der Waals surface area contributed by atoms with Gasteiger partial charge in [-0.25, -0.2) is 0 Å². The van der Waals surface area contributed by atoms with Gasteiger partial charge in [-0.2, -0.15) is 0 Å². The van der Waals surface area contributed by atoms with E-state index < -0.39 is 0 Å². The van der Waals surface area contributed by atoms with Crippen molar-refractivity contribution in [2.45, 2.75) is 30.8 Å². The average molecular weight is 208 g/mol. The summed E-state index contributed by atoms with van der Waals surface area (Å²) in [5, 5.41) is 0. The second kappa shape index (κ2) is 2.84. The number of hydrogen-bond donors (Lipinski definition) is 0. The molecule has 0 aromatic carbocycles. The Morgan fingerprint density at radius 3 is 2.80 bits per heavy atom. The van der Waals surface area contributed by atoms with Gasteiger partial charge in [-0.05, 0) is 6.42 Å². The van der Waals surface area contributed by atoms with Crippen LogP contribution in [0.1, 0.15) is 6.42 Å². The third kappa shape index (κ3) is 0.967. The van der Waals surface area contributed by atoms with Crippen LogP contribution in [0.15, 0.2) is 12.2 Å². The number of hydrogen-bond acceptors (Lipinski definition) is 3. The monoisotopic (exact) mass is 208 g/mol. The Morgan fingerprint density at radius 2 is 2.00 bits per heavy atom. The zero-order chi connectivity index (χ0) is 9.99. The molecule has 3 fully saturated rings. The predicted molar refractivity (Wildman–Crippen MR) is 53.4 cm³/mol. The Labute approximate surface area is 89.4 Å². The quantitative estimate of drug-likeness (QED) is 0.633. The van der Waals surface area contributed by atoms with Gasteiger partial charge in [0.25, 0.3) is 0 Å². The van der Waals surface area contributed by atoms with Crippen molar-refractivity contribution >= 4 is 0 Å². The summed E-state index contributed by atoms with van der Waals surface area (Å²) in [6.45, 7) is 0.839. The minimum Gasteiger partial charge on any atom is -0.384 e. The summed E-state index contributed by atoms with van der Waals surface area (Å²) in [6.07, 6.45) is 7.11. The van der Waals surface area contributed by atoms with Crippen molar-refractivity contribution in [1.82, 2.24) is 0 Å². The minimum absolute atomic E-state index is 0.328. The van der Waals surface area contributed by atoms with Crippen LogP contribution in [0.2, 0.25) is 0 Å². The van der Waals surface area contributed by atoms with Gasteiger partial charge in [0, 0.05) is 24.9 Å². The van der Waals surface area contributed by atoms with Crippen LogP contribution < -0.4 is 0 Å². The first kappa shape index (κ1) is 8.74. The molecule has 4 heterocycles. The summed E-state index contributed by atoms with van der Waals surface area (Å²) in [5.74, 6) is 1.84. The standard InChI is InChI=1S/C12H16O3/c1-13-5-6-4-9-10-7-2-3-8(14-7)11(10)12(6)15-9/h2-3,6-12H,4-5H2,1H3. The highest BCUT2D eigenvalue weighted by atomic mass is 16.5. The molecule has 4 aliphatic rings. The predicted octanol–water partition coefficient (Wildman–Crippen LogP) is 0.990. The molecule has 0 radical (unpaired) electrons. The Balaban J connectivity index is 1.63. The van der Waals surface area contributed by atoms with Crippen molar-refractivity contribution in [1.29, 1.82) is 0 Å². The van der Waals surface area contributed by atoms with E-state index >= 15 is 0 Å². The molecule has 0 aliphatic carbocycles. The maximum absolute atomic E-state index is 6.09. The van der Waals surface area contributed by atoms with E-state index in [1.54, 1.807) is 7.11 Å². The Bertz CT molecular complexity index is 314. The highest BCUT2D eigenvalue weighted by molar-refractivity contribution is 5.22. The van der Waals surface area contributed by atoms with E-state index in [9.17, 15) is 0 Å². The van der Waals surface area contributed by atoms with Crippen LogP contribution in [0.25, 0.3) is 0 Å². The lowest BCUT2D eigenvalue weighted by molar-refractivity contribution is 0.00165. The fourth-order valence-corrected chi connectivity index (χ4v) is 4.06. The molecule has 82 valence electrons. The van der Waals surface area contributed by atoms with Crippen LogP contribution >= 0.6 is 0 Å². The summed E-state index contributed by atoms with van der Waals surface area (Å²) < 4.78 is 17.3. The second-order valence-electron chi connectivity index (χ2n) is 5.20. The van der Waals surface area contributed by atoms with Crippen molar-refractivity contribution < 1.29 is 14.2 Å². The lowest BCUT2D eigenvalue weighted by atomic mass is 9.70. The Morgan fingerprint density at radius 1 is 1.20 bits per heavy atom. The Kier molecular flexibility index (Phi) is 1.66. The maximum atomic E-state index is 6.09. The summed E-state index contributed by atoms with van der Waals surface area (Å²) in [6, 6.07) is 0. The van der Waals surface area contributed by atoms with E-state index in [1.807, 2.05) is 0 Å². The molecule has 0 amide bonds. The highest BCUT2D eigenvalue weighted by Gasteiger charge is 2.63. The van der Waals surface area contributed by atoms with Crippen molar-refractivity contribution in [3.63, 3.8) is 0 Å². The lowest BCUT2D eigenvalue weighted by Crippen LogP contribution is -2.39. The van der Waals surface area contributed by atoms with E-state index in [1.165, 1.54) is 6.42 Å². The number of ether oxygens (including phenoxy) is 3. The van der Waals surface area contributed by atoms with E-state index in [4.69, 9.17) is 14.2 Å². The lowest BCUT2D eigenvalue weighted by Gasteiger charge is -2.30. The summed E-state index contributed by atoms with van der Waals surface area (Å²) in [5.41, 5.74) is 0. The zero-order valence-electron chi connectivity index (χ0n) is 8.84. The van der Waals surface area contributed by atoms with Crippen molar-refractivity contribution in [2.24, 2.45) is 17.8 Å². The molecule has 0 N–H and O–H groups in total. The van der Waals surface area contributed by atoms with E-state index in [2.05, 4.69) is 12.2 Å². The van der Waals surface area contributed by atoms with Crippen molar-refractivity contribution in [3.05, 3.63) is 12.2 Å². The van der Waals surface area contributed by atoms with Crippen LogP contribution in [-0.2, 0) is 14.2 Å². The fraction of sp³-hybridized carbons (Fsp3) is 0.833. The largest absolute Gasteiger partial charge is 0.384 e. The molecular formula is C12H16O3. The topological polar surface area (TPSA) is 27.7 Å². The normalized spacial score (nSPS) is 59.1. The van der Waals surface area contributed by atoms with Gasteiger partial charge >= 0.3 is 0 Å². The third-order valence-corrected chi connectivity index (χ3v) is 4.53. The van der Waals surface area contributed by atoms with Crippen LogP contribution in [0.5, 0.6) is 0 Å². The van der Waals surface area contributed by atoms with Crippen LogP contribution in [-0.4, -0.2) is 38.1 Å². The van der Waals surface area contributed by atoms with Gasteiger partial charge in [-0.15, -0.1) is 0 Å². The van der Waals surface area contributed by atoms with E-state index in [0.717, 1.165) is 6.61 Å². The molecule has 7 unspecified atom stereocenters. The fourth-order valence-electron chi connectivity index (χ4n) is 4.06. The van der Waals surface area contributed by atoms with Gasteiger partial charge in [0.15, 0.2) is 0 Å². The van der Waals surface area contributed by atoms with Gasteiger partial charge in [0.05, 0.1) is 31.0 Å². The molecule has 3 heteroatoms. The first-order valence-corrected chi connectivity index (χ1v) is 5.86. The van der Waals surface area contributed by atoms with E-state index in [0.29, 0.717) is 42.2 Å². The highest BCUT2D eigenvalue weighted by Crippen LogP contribution is 2.56. The molecule has 4 aliphatic heterocycles. The van der Waals surface area contributed by atoms with Crippen molar-refractivity contribution in [2.75, 3.05) is 13.7 Å². The molecule has 0 spiro atoms. The molecule has 3 nitrogen and oxygen atoms in total. The molecule has 0 saturated carbocycles. The van der Waals surface area contributed by atoms with Gasteiger partial charge in [0.1, 0.15) is 0 Å². The second-order valence-corrected chi connectivity index (χ2v) is 5.20. The first-order chi connectivity index (χ1) is 7.38. The molecule has 4 rings (SSSR count). The molecule has 0 aromatic rings. The number of rotatable bonds is 2. The van der Waals surface area contributed by atoms with Gasteiger partial charge in [0.2, 0.25) is 0 Å². The smallest absolute Gasteiger partial charge is 0.0822 e. The molecule has 15 heavy (non-hydrogen) atoms. The van der Waals surface area contributed by atoms with E-state index in [-0.39, 0.29) is 0 Å². The minimum atomic E-state index is 0.328. The third-order valence-electron chi connectivity index (χ3n) is 4.53. The SMILES string of the molecule is COCC1CC2OC1C1C3C=CC(O3)C21. The van der Waals surface area contributed by atoms with Crippen LogP contribution in [0, 0.1) is 17.8 Å². The van der Waals surface area contributed by atoms with Gasteiger partial charge in [-0.1, -0.05) is 12.2 Å². The summed E-state index contributed by atoms with van der Waals surface area (Å²) >= 11 is 0. The average Bonchev–Trinajstić information content (AvgIpc) is 2.95. The zero-order valence-corrected chi connectivity index (χ0v) is 8.84. The molecule has 7 atom stereocenters. The molecule has 3 saturated heterocycles. The van der Waals surface area contributed by atoms with Crippen LogP contribution in [0.3, 0.4) is 0 Å². The maximum Gasteiger partial charge on any atom is 0.0822 e. The number of methoxy groups -OCH3 is 1. The van der Waals surface area contributed by atoms with Gasteiger partial charge < -0.3 is 14.2 Å². The number of fused-ring (bicyclic) bond motifs is 9. The first-order valence-electron chi connectivity index (χ1n) is 5.86. The molecular weight excluding hydrogens is 192 g/mol. The van der Waals surface area contributed by atoms with Crippen molar-refractivity contribution in [3.8, 4) is 0 Å². The summed E-state index contributed by atoms with van der Waals surface area (Å²) in [7, 11) is 1.78. The van der Waals surface area contributed by atoms with Crippen LogP contribution in [0.4, 0.5) is 0 Å². The van der Waals surface area contributed by atoms with Gasteiger partial charge in [-0.3, -0.25) is 0 Å². The summed E-state index contributed by atoms with van der Waals surface area (Å²) in [4.78, 5) is 0.